The van der Waals surface area contributed by atoms with E-state index in [2.05, 4.69) is 124 Å². The molecule has 4 aromatic rings. The fourth-order valence-electron chi connectivity index (χ4n) is 8.73. The second-order valence-electron chi connectivity index (χ2n) is 14.8. The van der Waals surface area contributed by atoms with E-state index in [1.807, 2.05) is 0 Å². The Balaban J connectivity index is 1.87. The summed E-state index contributed by atoms with van der Waals surface area (Å²) < 4.78 is 2.74. The molecule has 6 heteroatoms. The van der Waals surface area contributed by atoms with Gasteiger partial charge in [-0.05, 0) is 0 Å². The first-order chi connectivity index (χ1) is 17.5. The molecule has 0 fully saturated rings. The molecule has 6 rings (SSSR count). The summed E-state index contributed by atoms with van der Waals surface area (Å²) >= 11 is 0. The summed E-state index contributed by atoms with van der Waals surface area (Å²) in [6, 6.07) is 31.7. The second-order valence-corrected chi connectivity index (χ2v) is 148. The predicted octanol–water partition coefficient (Wildman–Crippen LogP) is 7.80. The van der Waals surface area contributed by atoms with E-state index in [1.165, 1.54) is 51.1 Å². The van der Waals surface area contributed by atoms with E-state index >= 15 is 0 Å². The van der Waals surface area contributed by atoms with Crippen LogP contribution in [-0.4, -0.2) is 17.8 Å². The van der Waals surface area contributed by atoms with Crippen molar-refractivity contribution in [3.63, 3.8) is 0 Å². The van der Waals surface area contributed by atoms with Crippen LogP contribution in [0.3, 0.4) is 0 Å². The van der Waals surface area contributed by atoms with Crippen molar-refractivity contribution in [3.8, 4) is 22.3 Å². The molecule has 0 aliphatic heterocycles. The van der Waals surface area contributed by atoms with Gasteiger partial charge in [0.05, 0.1) is 0 Å². The van der Waals surface area contributed by atoms with Crippen LogP contribution in [0, 0.1) is 0 Å². The fourth-order valence-corrected chi connectivity index (χ4v) is 120. The fraction of sp³-hybridized carbons (Fsp3) is 0.250. The molecule has 0 amide bonds. The van der Waals surface area contributed by atoms with Crippen molar-refractivity contribution in [2.24, 2.45) is 0 Å². The Morgan fingerprint density at radius 3 is 1.24 bits per heavy atom. The molecule has 0 N–H and O–H groups in total. The van der Waals surface area contributed by atoms with Gasteiger partial charge in [0, 0.05) is 0 Å². The monoisotopic (exact) mass is 667 g/mol. The van der Waals surface area contributed by atoms with Gasteiger partial charge >= 0.3 is 234 Å². The van der Waals surface area contributed by atoms with E-state index in [4.69, 9.17) is 0 Å². The van der Waals surface area contributed by atoms with E-state index in [-0.39, 0.29) is 0 Å². The Labute approximate surface area is 231 Å². The van der Waals surface area contributed by atoms with Crippen LogP contribution >= 0.6 is 17.0 Å². The molecule has 2 aliphatic carbocycles. The molecular formula is C32H39Cl2Si3Zr. The van der Waals surface area contributed by atoms with Crippen molar-refractivity contribution >= 4 is 41.3 Å². The number of hydrogen-bond acceptors (Lipinski definition) is 0. The maximum absolute atomic E-state index is 9.31. The first-order valence-electron chi connectivity index (χ1n) is 13.9. The number of benzene rings is 4. The number of hydrogen-bond donors (Lipinski definition) is 0. The third kappa shape index (κ3) is 2.59. The molecule has 0 bridgehead atoms. The molecule has 0 atom stereocenters. The maximum atomic E-state index is 9.31. The summed E-state index contributed by atoms with van der Waals surface area (Å²) in [5, 5.41) is -4.75. The molecule has 0 saturated carbocycles. The molecule has 4 aromatic carbocycles. The Morgan fingerprint density at radius 1 is 0.526 bits per heavy atom. The average Bonchev–Trinajstić information content (AvgIpc) is 3.41. The second kappa shape index (κ2) is 7.25. The van der Waals surface area contributed by atoms with Crippen molar-refractivity contribution in [1.82, 2.24) is 0 Å². The topological polar surface area (TPSA) is 0 Å². The summed E-state index contributed by atoms with van der Waals surface area (Å²) in [6.45, 7) is 15.1. The molecule has 0 unspecified atom stereocenters. The van der Waals surface area contributed by atoms with E-state index in [9.17, 15) is 17.0 Å². The quantitative estimate of drug-likeness (QED) is 0.168. The van der Waals surface area contributed by atoms with Gasteiger partial charge in [-0.25, -0.2) is 0 Å². The molecule has 2 aliphatic rings. The van der Waals surface area contributed by atoms with Crippen molar-refractivity contribution in [2.45, 2.75) is 52.1 Å². The Kier molecular flexibility index (Phi) is 5.18. The van der Waals surface area contributed by atoms with Gasteiger partial charge in [0.25, 0.3) is 0 Å². The molecule has 0 saturated heterocycles. The van der Waals surface area contributed by atoms with Gasteiger partial charge in [-0.15, -0.1) is 0 Å². The first-order valence-corrected chi connectivity index (χ1v) is 45.5. The molecule has 0 nitrogen and oxygen atoms in total. The molecular weight excluding hydrogens is 631 g/mol. The molecule has 0 aromatic heterocycles. The van der Waals surface area contributed by atoms with E-state index in [1.54, 1.807) is 0 Å². The zero-order valence-corrected chi connectivity index (χ0v) is 31.7. The zero-order chi connectivity index (χ0) is 27.5. The predicted molar refractivity (Wildman–Crippen MR) is 177 cm³/mol. The molecule has 0 heterocycles. The van der Waals surface area contributed by atoms with Crippen LogP contribution in [0.25, 0.3) is 22.3 Å². The van der Waals surface area contributed by atoms with Gasteiger partial charge in [0.1, 0.15) is 0 Å². The number of rotatable bonds is 4. The summed E-state index contributed by atoms with van der Waals surface area (Å²) in [5.41, 5.74) is 11.0. The van der Waals surface area contributed by atoms with Crippen molar-refractivity contribution in [1.29, 1.82) is 0 Å². The van der Waals surface area contributed by atoms with Gasteiger partial charge in [0.2, 0.25) is 0 Å². The van der Waals surface area contributed by atoms with Crippen molar-refractivity contribution in [3.05, 3.63) is 107 Å². The van der Waals surface area contributed by atoms with Crippen LogP contribution in [0.2, 0.25) is 39.3 Å². The average molecular weight is 670 g/mol. The SMILES string of the molecule is C[Si](C)(C)[Zr]([SiH3])([Cl])([Cl])([c]1cccc2c1Cc1ccccc1-2)([c]1cccc2c1Cc1ccccc1-2)[Si](C)(C)C. The van der Waals surface area contributed by atoms with E-state index in [0.717, 1.165) is 20.2 Å². The Bertz CT molecular complexity index is 1590. The van der Waals surface area contributed by atoms with Crippen LogP contribution in [0.15, 0.2) is 84.9 Å². The number of halogens is 2. The van der Waals surface area contributed by atoms with Crippen molar-refractivity contribution in [2.75, 3.05) is 0 Å². The third-order valence-corrected chi connectivity index (χ3v) is 243. The van der Waals surface area contributed by atoms with E-state index < -0.39 is 21.3 Å². The standard InChI is InChI=1S/2C13H9.2C3H9Si.2ClH.H3Si.Zr/c2*1-3-7-12-10(5-1)9-11-6-2-4-8-13(11)12;2*1-4(2)3;;;;/h2*1-5,7-8H,9H2;2*1-3H3;2*1H;1H3;/q;;;;;;;+2/p-2. The van der Waals surface area contributed by atoms with Crippen LogP contribution in [-0.2, 0) is 23.7 Å². The Hall–Kier alpha value is -1.01. The van der Waals surface area contributed by atoms with Crippen LogP contribution in [0.5, 0.6) is 0 Å². The van der Waals surface area contributed by atoms with Crippen LogP contribution < -0.4 is 6.54 Å². The first kappa shape index (κ1) is 27.2. The number of fused-ring (bicyclic) bond motifs is 6. The summed E-state index contributed by atoms with van der Waals surface area (Å²) in [5.74, 6) is 0. The van der Waals surface area contributed by atoms with Crippen LogP contribution in [0.4, 0.5) is 0 Å². The van der Waals surface area contributed by atoms with Crippen molar-refractivity contribution < 1.29 is 10.9 Å². The van der Waals surface area contributed by atoms with Gasteiger partial charge in [-0.1, -0.05) is 0 Å². The molecule has 197 valence electrons. The van der Waals surface area contributed by atoms with Gasteiger partial charge in [0.15, 0.2) is 0 Å². The normalized spacial score (nSPS) is 17.4. The zero-order valence-electron chi connectivity index (χ0n) is 23.8. The molecule has 0 radical (unpaired) electrons. The minimum atomic E-state index is -6.11. The molecule has 38 heavy (non-hydrogen) atoms. The summed E-state index contributed by atoms with van der Waals surface area (Å²) in [6.07, 6.45) is 1.84. The minimum absolute atomic E-state index is 0.764. The van der Waals surface area contributed by atoms with Gasteiger partial charge < -0.3 is 0 Å². The Morgan fingerprint density at radius 2 is 0.868 bits per heavy atom. The van der Waals surface area contributed by atoms with Crippen LogP contribution in [0.1, 0.15) is 22.3 Å². The third-order valence-electron chi connectivity index (χ3n) is 12.3. The van der Waals surface area contributed by atoms with E-state index in [0.29, 0.717) is 0 Å². The van der Waals surface area contributed by atoms with Gasteiger partial charge in [-0.3, -0.25) is 0 Å². The van der Waals surface area contributed by atoms with Gasteiger partial charge in [-0.2, -0.15) is 0 Å². The molecule has 0 spiro atoms. The summed E-state index contributed by atoms with van der Waals surface area (Å²) in [7, 11) is 13.3. The summed E-state index contributed by atoms with van der Waals surface area (Å²) in [4.78, 5) is 0.